The van der Waals surface area contributed by atoms with Gasteiger partial charge in [0.15, 0.2) is 5.11 Å². The fourth-order valence-electron chi connectivity index (χ4n) is 2.48. The van der Waals surface area contributed by atoms with Crippen LogP contribution in [0.4, 0.5) is 0 Å². The van der Waals surface area contributed by atoms with Crippen molar-refractivity contribution in [2.24, 2.45) is 0 Å². The second-order valence-corrected chi connectivity index (χ2v) is 6.95. The maximum Gasteiger partial charge on any atom is 0.305 e. The highest BCUT2D eigenvalue weighted by molar-refractivity contribution is 7.80. The van der Waals surface area contributed by atoms with E-state index in [9.17, 15) is 14.4 Å². The average Bonchev–Trinajstić information content (AvgIpc) is 3.09. The molecule has 2 heterocycles. The Labute approximate surface area is 174 Å². The number of benzene rings is 1. The van der Waals surface area contributed by atoms with Crippen LogP contribution in [0.25, 0.3) is 17.4 Å². The number of hydrogen-bond donors (Lipinski definition) is 2. The van der Waals surface area contributed by atoms with Crippen LogP contribution in [-0.4, -0.2) is 39.4 Å². The lowest BCUT2D eigenvalue weighted by molar-refractivity contribution is -0.137. The summed E-state index contributed by atoms with van der Waals surface area (Å²) in [4.78, 5) is 36.5. The zero-order valence-electron chi connectivity index (χ0n) is 14.1. The molecule has 3 rings (SSSR count). The Hall–Kier alpha value is -2.68. The molecule has 2 amide bonds. The summed E-state index contributed by atoms with van der Waals surface area (Å²) >= 11 is 16.9. The molecule has 144 valence electrons. The number of thiocarbonyl (C=S) groups is 1. The Morgan fingerprint density at radius 2 is 1.96 bits per heavy atom. The molecule has 7 nitrogen and oxygen atoms in total. The fourth-order valence-corrected chi connectivity index (χ4v) is 3.05. The summed E-state index contributed by atoms with van der Waals surface area (Å²) in [6.45, 7) is -0.155. The van der Waals surface area contributed by atoms with Crippen molar-refractivity contribution in [1.29, 1.82) is 0 Å². The number of nitrogens with zero attached hydrogens (tertiary/aromatic N) is 1. The first kappa shape index (κ1) is 20.1. The molecule has 1 saturated heterocycles. The molecule has 0 aliphatic carbocycles. The zero-order chi connectivity index (χ0) is 20.4. The van der Waals surface area contributed by atoms with E-state index < -0.39 is 17.8 Å². The molecule has 0 bridgehead atoms. The Balaban J connectivity index is 1.87. The molecule has 1 aliphatic rings. The van der Waals surface area contributed by atoms with E-state index in [-0.39, 0.29) is 29.4 Å². The van der Waals surface area contributed by atoms with Gasteiger partial charge in [-0.25, -0.2) is 0 Å². The van der Waals surface area contributed by atoms with Gasteiger partial charge in [0.1, 0.15) is 17.1 Å². The molecule has 0 radical (unpaired) electrons. The third-order valence-corrected chi connectivity index (χ3v) is 4.91. The number of aliphatic carboxylic acids is 1. The van der Waals surface area contributed by atoms with Crippen molar-refractivity contribution >= 4 is 64.4 Å². The summed E-state index contributed by atoms with van der Waals surface area (Å²) < 4.78 is 5.67. The molecule has 1 aromatic carbocycles. The maximum absolute atomic E-state index is 12.6. The van der Waals surface area contributed by atoms with Gasteiger partial charge < -0.3 is 9.52 Å². The van der Waals surface area contributed by atoms with Gasteiger partial charge in [0.2, 0.25) is 0 Å². The largest absolute Gasteiger partial charge is 0.481 e. The van der Waals surface area contributed by atoms with Crippen molar-refractivity contribution in [3.05, 3.63) is 51.7 Å². The maximum atomic E-state index is 12.6. The van der Waals surface area contributed by atoms with Gasteiger partial charge in [0.25, 0.3) is 11.8 Å². The third-order valence-electron chi connectivity index (χ3n) is 3.85. The summed E-state index contributed by atoms with van der Waals surface area (Å²) in [6, 6.07) is 8.21. The Morgan fingerprint density at radius 1 is 1.21 bits per heavy atom. The molecule has 1 aliphatic heterocycles. The average molecular weight is 439 g/mol. The molecule has 28 heavy (non-hydrogen) atoms. The standard InChI is InChI=1S/C18H12Cl2N2O5S/c19-12-3-1-9(7-13(12)20)14-4-2-10(27-14)8-11-16(25)21-18(28)22(17(11)26)6-5-15(23)24/h1-4,7-8H,5-6H2,(H,23,24)(H,21,25,28)/b11-8+. The van der Waals surface area contributed by atoms with Crippen LogP contribution in [0, 0.1) is 0 Å². The van der Waals surface area contributed by atoms with Crippen LogP contribution in [0.15, 0.2) is 40.3 Å². The van der Waals surface area contributed by atoms with Gasteiger partial charge >= 0.3 is 5.97 Å². The second-order valence-electron chi connectivity index (χ2n) is 5.75. The molecule has 1 fully saturated rings. The van der Waals surface area contributed by atoms with E-state index in [4.69, 9.17) is 44.9 Å². The van der Waals surface area contributed by atoms with Crippen LogP contribution >= 0.6 is 35.4 Å². The van der Waals surface area contributed by atoms with Crippen molar-refractivity contribution in [3.63, 3.8) is 0 Å². The minimum absolute atomic E-state index is 0.135. The van der Waals surface area contributed by atoms with Crippen molar-refractivity contribution in [1.82, 2.24) is 10.2 Å². The van der Waals surface area contributed by atoms with Crippen LogP contribution in [0.5, 0.6) is 0 Å². The summed E-state index contributed by atoms with van der Waals surface area (Å²) in [5, 5.41) is 11.8. The lowest BCUT2D eigenvalue weighted by Gasteiger charge is -2.28. The van der Waals surface area contributed by atoms with Crippen molar-refractivity contribution in [2.45, 2.75) is 6.42 Å². The third kappa shape index (κ3) is 4.24. The number of carbonyl (C=O) groups is 3. The number of rotatable bonds is 5. The van der Waals surface area contributed by atoms with E-state index in [0.29, 0.717) is 21.4 Å². The van der Waals surface area contributed by atoms with Crippen LogP contribution < -0.4 is 5.32 Å². The topological polar surface area (TPSA) is 99.8 Å². The van der Waals surface area contributed by atoms with Crippen molar-refractivity contribution in [3.8, 4) is 11.3 Å². The number of amides is 2. The number of carboxylic acids is 1. The molecule has 1 aromatic heterocycles. The number of hydrogen-bond acceptors (Lipinski definition) is 5. The zero-order valence-corrected chi connectivity index (χ0v) is 16.4. The Morgan fingerprint density at radius 3 is 2.64 bits per heavy atom. The molecule has 2 N–H and O–H groups in total. The van der Waals surface area contributed by atoms with E-state index in [0.717, 1.165) is 4.90 Å². The number of carboxylic acid groups (broad SMARTS) is 1. The van der Waals surface area contributed by atoms with Gasteiger partial charge in [-0.3, -0.25) is 24.6 Å². The number of halogens is 2. The van der Waals surface area contributed by atoms with E-state index in [2.05, 4.69) is 5.32 Å². The van der Waals surface area contributed by atoms with Crippen molar-refractivity contribution in [2.75, 3.05) is 6.54 Å². The van der Waals surface area contributed by atoms with Crippen LogP contribution in [0.1, 0.15) is 12.2 Å². The minimum atomic E-state index is -1.09. The number of nitrogens with one attached hydrogen (secondary N) is 1. The molecule has 10 heteroatoms. The van der Waals surface area contributed by atoms with Gasteiger partial charge in [0.05, 0.1) is 16.5 Å². The van der Waals surface area contributed by atoms with Gasteiger partial charge in [-0.2, -0.15) is 0 Å². The van der Waals surface area contributed by atoms with E-state index in [1.165, 1.54) is 6.08 Å². The predicted octanol–water partition coefficient (Wildman–Crippen LogP) is 3.35. The molecule has 0 spiro atoms. The van der Waals surface area contributed by atoms with Crippen molar-refractivity contribution < 1.29 is 23.9 Å². The molecule has 0 atom stereocenters. The smallest absolute Gasteiger partial charge is 0.305 e. The first-order valence-electron chi connectivity index (χ1n) is 7.92. The first-order chi connectivity index (χ1) is 13.3. The fraction of sp³-hybridized carbons (Fsp3) is 0.111. The van der Waals surface area contributed by atoms with Gasteiger partial charge in [-0.15, -0.1) is 0 Å². The summed E-state index contributed by atoms with van der Waals surface area (Å²) in [6.07, 6.45) is 0.964. The van der Waals surface area contributed by atoms with Crippen LogP contribution in [0.3, 0.4) is 0 Å². The highest BCUT2D eigenvalue weighted by Gasteiger charge is 2.33. The van der Waals surface area contributed by atoms with E-state index >= 15 is 0 Å². The molecule has 2 aromatic rings. The van der Waals surface area contributed by atoms with Gasteiger partial charge in [-0.1, -0.05) is 23.2 Å². The molecular formula is C18H12Cl2N2O5S. The Kier molecular flexibility index (Phi) is 5.83. The minimum Gasteiger partial charge on any atom is -0.481 e. The molecule has 0 saturated carbocycles. The summed E-state index contributed by atoms with van der Waals surface area (Å²) in [7, 11) is 0. The number of furan rings is 1. The second kappa shape index (κ2) is 8.14. The van der Waals surface area contributed by atoms with E-state index in [1.807, 2.05) is 0 Å². The lowest BCUT2D eigenvalue weighted by atomic mass is 10.1. The van der Waals surface area contributed by atoms with Crippen LogP contribution in [-0.2, 0) is 14.4 Å². The summed E-state index contributed by atoms with van der Waals surface area (Å²) in [5.41, 5.74) is 0.455. The SMILES string of the molecule is O=C(O)CCN1C(=O)/C(=C/c2ccc(-c3ccc(Cl)c(Cl)c3)o2)C(=O)NC1=S. The molecule has 0 unspecified atom stereocenters. The first-order valence-corrected chi connectivity index (χ1v) is 9.08. The number of carbonyl (C=O) groups excluding carboxylic acids is 2. The monoisotopic (exact) mass is 438 g/mol. The lowest BCUT2D eigenvalue weighted by Crippen LogP contribution is -2.54. The predicted molar refractivity (Wildman–Crippen MR) is 107 cm³/mol. The van der Waals surface area contributed by atoms with Gasteiger partial charge in [0, 0.05) is 12.1 Å². The highest BCUT2D eigenvalue weighted by atomic mass is 35.5. The van der Waals surface area contributed by atoms with Crippen LogP contribution in [0.2, 0.25) is 10.0 Å². The van der Waals surface area contributed by atoms with Gasteiger partial charge in [-0.05, 0) is 48.6 Å². The normalized spacial score (nSPS) is 15.9. The quantitative estimate of drug-likeness (QED) is 0.421. The Bertz CT molecular complexity index is 1030. The summed E-state index contributed by atoms with van der Waals surface area (Å²) in [5.74, 6) is -1.75. The highest BCUT2D eigenvalue weighted by Crippen LogP contribution is 2.30. The van der Waals surface area contributed by atoms with E-state index in [1.54, 1.807) is 30.3 Å². The molecular weight excluding hydrogens is 427 g/mol.